The summed E-state index contributed by atoms with van der Waals surface area (Å²) < 4.78 is 63.6. The summed E-state index contributed by atoms with van der Waals surface area (Å²) >= 11 is 0. The molecule has 3 aromatic heterocycles. The van der Waals surface area contributed by atoms with Crippen molar-refractivity contribution in [2.24, 2.45) is 0 Å². The molecule has 1 atom stereocenters. The van der Waals surface area contributed by atoms with E-state index in [1.165, 1.54) is 19.5 Å². The number of fused-ring (bicyclic) bond motifs is 1. The zero-order valence-corrected chi connectivity index (χ0v) is 15.5. The van der Waals surface area contributed by atoms with Crippen molar-refractivity contribution in [3.05, 3.63) is 36.3 Å². The zero-order valence-electron chi connectivity index (χ0n) is 15.5. The minimum Gasteiger partial charge on any atom is -0.463 e. The van der Waals surface area contributed by atoms with Crippen LogP contribution in [0.15, 0.2) is 24.7 Å². The first-order valence-electron chi connectivity index (χ1n) is 8.18. The Balaban J connectivity index is 1.97. The highest BCUT2D eigenvalue weighted by molar-refractivity contribution is 5.59. The molecule has 0 aliphatic heterocycles. The SMILES string of the molecule is COC(C)(C)c1nnc2cnc(-c3cnc(OC(C)C(F)(F)F)c(F)c3)cn12. The standard InChI is InChI=1S/C17H17F4N5O2/c1-9(17(19,20)21)28-14-11(18)5-10(6-23-14)12-8-26-13(7-22-12)24-25-15(26)16(2,3)27-4/h5-9H,1-4H3. The number of nitrogens with zero attached hydrogens (tertiary/aromatic N) is 5. The van der Waals surface area contributed by atoms with E-state index in [4.69, 9.17) is 4.74 Å². The molecule has 0 fully saturated rings. The largest absolute Gasteiger partial charge is 0.463 e. The zero-order chi connectivity index (χ0) is 20.7. The van der Waals surface area contributed by atoms with E-state index >= 15 is 0 Å². The molecule has 1 unspecified atom stereocenters. The van der Waals surface area contributed by atoms with Gasteiger partial charge in [-0.15, -0.1) is 10.2 Å². The lowest BCUT2D eigenvalue weighted by atomic mass is 10.1. The summed E-state index contributed by atoms with van der Waals surface area (Å²) in [6.45, 7) is 4.38. The van der Waals surface area contributed by atoms with Crippen molar-refractivity contribution in [2.45, 2.75) is 38.7 Å². The average Bonchev–Trinajstić information content (AvgIpc) is 3.06. The topological polar surface area (TPSA) is 74.4 Å². The Kier molecular flexibility index (Phi) is 4.96. The molecular formula is C17H17F4N5O2. The number of ether oxygens (including phenoxy) is 2. The van der Waals surface area contributed by atoms with Gasteiger partial charge in [0.25, 0.3) is 5.88 Å². The molecule has 0 N–H and O–H groups in total. The second-order valence-corrected chi connectivity index (χ2v) is 6.55. The molecule has 3 heterocycles. The van der Waals surface area contributed by atoms with Crippen LogP contribution in [0.5, 0.6) is 5.88 Å². The van der Waals surface area contributed by atoms with Crippen molar-refractivity contribution in [3.63, 3.8) is 0 Å². The maximum Gasteiger partial charge on any atom is 0.425 e. The molecule has 0 saturated carbocycles. The Morgan fingerprint density at radius 3 is 2.43 bits per heavy atom. The van der Waals surface area contributed by atoms with Crippen molar-refractivity contribution in [1.29, 1.82) is 0 Å². The van der Waals surface area contributed by atoms with E-state index in [-0.39, 0.29) is 5.56 Å². The van der Waals surface area contributed by atoms with E-state index in [0.717, 1.165) is 13.0 Å². The van der Waals surface area contributed by atoms with Crippen LogP contribution in [0.3, 0.4) is 0 Å². The highest BCUT2D eigenvalue weighted by Crippen LogP contribution is 2.28. The summed E-state index contributed by atoms with van der Waals surface area (Å²) in [5.41, 5.74) is 0.285. The van der Waals surface area contributed by atoms with Crippen molar-refractivity contribution >= 4 is 5.65 Å². The molecule has 28 heavy (non-hydrogen) atoms. The first-order chi connectivity index (χ1) is 13.0. The van der Waals surface area contributed by atoms with E-state index in [1.807, 2.05) is 0 Å². The number of rotatable bonds is 5. The lowest BCUT2D eigenvalue weighted by molar-refractivity contribution is -0.190. The number of halogens is 4. The summed E-state index contributed by atoms with van der Waals surface area (Å²) in [5, 5.41) is 8.10. The van der Waals surface area contributed by atoms with Crippen LogP contribution in [0.1, 0.15) is 26.6 Å². The maximum atomic E-state index is 14.2. The van der Waals surface area contributed by atoms with Crippen LogP contribution in [0.4, 0.5) is 17.6 Å². The molecule has 3 rings (SSSR count). The lowest BCUT2D eigenvalue weighted by Gasteiger charge is -2.20. The van der Waals surface area contributed by atoms with Gasteiger partial charge in [-0.05, 0) is 26.8 Å². The summed E-state index contributed by atoms with van der Waals surface area (Å²) in [6, 6.07) is 1.01. The Morgan fingerprint density at radius 2 is 1.82 bits per heavy atom. The molecule has 150 valence electrons. The number of hydrogen-bond donors (Lipinski definition) is 0. The fraction of sp³-hybridized carbons (Fsp3) is 0.412. The van der Waals surface area contributed by atoms with E-state index < -0.39 is 29.6 Å². The van der Waals surface area contributed by atoms with Gasteiger partial charge < -0.3 is 9.47 Å². The van der Waals surface area contributed by atoms with Crippen molar-refractivity contribution < 1.29 is 27.0 Å². The molecule has 0 saturated heterocycles. The third kappa shape index (κ3) is 3.75. The summed E-state index contributed by atoms with van der Waals surface area (Å²) in [7, 11) is 1.53. The maximum absolute atomic E-state index is 14.2. The van der Waals surface area contributed by atoms with Crippen LogP contribution in [0, 0.1) is 5.82 Å². The first kappa shape index (κ1) is 19.9. The summed E-state index contributed by atoms with van der Waals surface area (Å²) in [6.07, 6.45) is -2.63. The number of hydrogen-bond acceptors (Lipinski definition) is 6. The van der Waals surface area contributed by atoms with Crippen LogP contribution in [0.25, 0.3) is 16.9 Å². The highest BCUT2D eigenvalue weighted by atomic mass is 19.4. The molecule has 0 aliphatic carbocycles. The molecule has 0 aliphatic rings. The molecule has 0 bridgehead atoms. The van der Waals surface area contributed by atoms with Gasteiger partial charge >= 0.3 is 6.18 Å². The van der Waals surface area contributed by atoms with Crippen molar-refractivity contribution in [1.82, 2.24) is 24.6 Å². The number of aromatic nitrogens is 5. The van der Waals surface area contributed by atoms with Crippen LogP contribution in [0.2, 0.25) is 0 Å². The van der Waals surface area contributed by atoms with E-state index in [9.17, 15) is 17.6 Å². The molecule has 3 aromatic rings. The molecule has 0 radical (unpaired) electrons. The van der Waals surface area contributed by atoms with Crippen LogP contribution < -0.4 is 4.74 Å². The lowest BCUT2D eigenvalue weighted by Crippen LogP contribution is -2.31. The molecule has 7 nitrogen and oxygen atoms in total. The third-order valence-electron chi connectivity index (χ3n) is 4.19. The second kappa shape index (κ2) is 6.97. The van der Waals surface area contributed by atoms with E-state index in [0.29, 0.717) is 17.2 Å². The van der Waals surface area contributed by atoms with E-state index in [1.54, 1.807) is 24.4 Å². The molecule has 0 aromatic carbocycles. The predicted octanol–water partition coefficient (Wildman–Crippen LogP) is 3.54. The van der Waals surface area contributed by atoms with Gasteiger partial charge in [0.2, 0.25) is 0 Å². The van der Waals surface area contributed by atoms with Gasteiger partial charge in [-0.1, -0.05) is 0 Å². The Hall–Kier alpha value is -2.82. The molecule has 0 spiro atoms. The fourth-order valence-corrected chi connectivity index (χ4v) is 2.34. The molecule has 11 heteroatoms. The summed E-state index contributed by atoms with van der Waals surface area (Å²) in [4.78, 5) is 7.84. The minimum atomic E-state index is -4.63. The quantitative estimate of drug-likeness (QED) is 0.611. The van der Waals surface area contributed by atoms with Crippen LogP contribution in [-0.4, -0.2) is 44.0 Å². The molecule has 0 amide bonds. The Labute approximate surface area is 157 Å². The Morgan fingerprint density at radius 1 is 1.11 bits per heavy atom. The van der Waals surface area contributed by atoms with Gasteiger partial charge in [-0.3, -0.25) is 9.38 Å². The number of methoxy groups -OCH3 is 1. The molecular weight excluding hydrogens is 382 g/mol. The van der Waals surface area contributed by atoms with Crippen molar-refractivity contribution in [2.75, 3.05) is 7.11 Å². The van der Waals surface area contributed by atoms with Crippen LogP contribution in [-0.2, 0) is 10.3 Å². The van der Waals surface area contributed by atoms with Gasteiger partial charge in [0.05, 0.1) is 11.9 Å². The highest BCUT2D eigenvalue weighted by Gasteiger charge is 2.38. The number of alkyl halides is 3. The number of pyridine rings is 1. The normalized spacial score (nSPS) is 13.7. The second-order valence-electron chi connectivity index (χ2n) is 6.55. The van der Waals surface area contributed by atoms with Gasteiger partial charge in [0, 0.05) is 25.1 Å². The van der Waals surface area contributed by atoms with Gasteiger partial charge in [-0.2, -0.15) is 13.2 Å². The minimum absolute atomic E-state index is 0.251. The van der Waals surface area contributed by atoms with Gasteiger partial charge in [0.1, 0.15) is 5.60 Å². The average molecular weight is 399 g/mol. The van der Waals surface area contributed by atoms with Crippen LogP contribution >= 0.6 is 0 Å². The fourth-order valence-electron chi connectivity index (χ4n) is 2.34. The first-order valence-corrected chi connectivity index (χ1v) is 8.18. The smallest absolute Gasteiger partial charge is 0.425 e. The van der Waals surface area contributed by atoms with E-state index in [2.05, 4.69) is 24.9 Å². The van der Waals surface area contributed by atoms with Gasteiger partial charge in [-0.25, -0.2) is 9.37 Å². The monoisotopic (exact) mass is 399 g/mol. The predicted molar refractivity (Wildman–Crippen MR) is 90.2 cm³/mol. The third-order valence-corrected chi connectivity index (χ3v) is 4.19. The van der Waals surface area contributed by atoms with Crippen molar-refractivity contribution in [3.8, 4) is 17.1 Å². The van der Waals surface area contributed by atoms with Gasteiger partial charge in [0.15, 0.2) is 23.4 Å². The summed E-state index contributed by atoms with van der Waals surface area (Å²) in [5.74, 6) is -1.27. The Bertz CT molecular complexity index is 1000.